The second-order valence-electron chi connectivity index (χ2n) is 2.77. The van der Waals surface area contributed by atoms with Gasteiger partial charge in [0.25, 0.3) is 0 Å². The number of rotatable bonds is 1. The predicted molar refractivity (Wildman–Crippen MR) is 61.6 cm³/mol. The van der Waals surface area contributed by atoms with E-state index < -0.39 is 0 Å². The third kappa shape index (κ3) is 3.77. The summed E-state index contributed by atoms with van der Waals surface area (Å²) in [5.74, 6) is -0.298. The summed E-state index contributed by atoms with van der Waals surface area (Å²) in [5.41, 5.74) is 5.89. The number of halogens is 2. The first-order valence-electron chi connectivity index (χ1n) is 4.06. The van der Waals surface area contributed by atoms with Gasteiger partial charge in [0.05, 0.1) is 10.7 Å². The van der Waals surface area contributed by atoms with E-state index in [2.05, 4.69) is 10.3 Å². The fourth-order valence-electron chi connectivity index (χ4n) is 0.910. The summed E-state index contributed by atoms with van der Waals surface area (Å²) in [6.45, 7) is 1.34. The lowest BCUT2D eigenvalue weighted by Gasteiger charge is -2.02. The number of nitrogens with two attached hydrogens (primary N) is 1. The van der Waals surface area contributed by atoms with E-state index in [-0.39, 0.29) is 11.9 Å². The lowest BCUT2D eigenvalue weighted by atomic mass is 10.3. The predicted octanol–water partition coefficient (Wildman–Crippen LogP) is 2.08. The van der Waals surface area contributed by atoms with Crippen molar-refractivity contribution in [3.8, 4) is 0 Å². The van der Waals surface area contributed by atoms with Crippen molar-refractivity contribution < 1.29 is 4.79 Å². The SMILES string of the molecule is CC(=O)NC(N)=Nc1ccc(Cl)cc1Cl. The van der Waals surface area contributed by atoms with Gasteiger partial charge in [-0.25, -0.2) is 4.99 Å². The second-order valence-corrected chi connectivity index (χ2v) is 3.62. The molecular formula is C9H9Cl2N3O. The molecule has 0 aliphatic rings. The van der Waals surface area contributed by atoms with Gasteiger partial charge in [-0.3, -0.25) is 10.1 Å². The van der Waals surface area contributed by atoms with Crippen LogP contribution in [-0.2, 0) is 4.79 Å². The largest absolute Gasteiger partial charge is 0.369 e. The van der Waals surface area contributed by atoms with Crippen LogP contribution in [0.4, 0.5) is 5.69 Å². The number of carbonyl (C=O) groups excluding carboxylic acids is 1. The number of guanidine groups is 1. The van der Waals surface area contributed by atoms with Crippen molar-refractivity contribution in [3.63, 3.8) is 0 Å². The van der Waals surface area contributed by atoms with Gasteiger partial charge in [0.15, 0.2) is 0 Å². The number of carbonyl (C=O) groups is 1. The Morgan fingerprint density at radius 3 is 2.67 bits per heavy atom. The van der Waals surface area contributed by atoms with Crippen molar-refractivity contribution >= 4 is 40.8 Å². The molecule has 0 unspecified atom stereocenters. The van der Waals surface area contributed by atoms with Gasteiger partial charge in [-0.15, -0.1) is 0 Å². The zero-order valence-electron chi connectivity index (χ0n) is 7.92. The number of amides is 1. The van der Waals surface area contributed by atoms with E-state index in [1.165, 1.54) is 6.92 Å². The zero-order chi connectivity index (χ0) is 11.4. The molecule has 4 nitrogen and oxygen atoms in total. The quantitative estimate of drug-likeness (QED) is 0.588. The Balaban J connectivity index is 2.92. The number of hydrogen-bond acceptors (Lipinski definition) is 2. The van der Waals surface area contributed by atoms with Crippen LogP contribution in [0.25, 0.3) is 0 Å². The summed E-state index contributed by atoms with van der Waals surface area (Å²) in [6.07, 6.45) is 0. The Kier molecular flexibility index (Phi) is 3.94. The average molecular weight is 246 g/mol. The van der Waals surface area contributed by atoms with E-state index in [4.69, 9.17) is 28.9 Å². The molecule has 0 heterocycles. The molecule has 0 saturated heterocycles. The van der Waals surface area contributed by atoms with Gasteiger partial charge >= 0.3 is 0 Å². The Morgan fingerprint density at radius 2 is 2.13 bits per heavy atom. The number of benzene rings is 1. The molecule has 3 N–H and O–H groups in total. The topological polar surface area (TPSA) is 67.5 Å². The Morgan fingerprint density at radius 1 is 1.47 bits per heavy atom. The molecule has 0 fully saturated rings. The summed E-state index contributed by atoms with van der Waals surface area (Å²) < 4.78 is 0. The molecule has 0 saturated carbocycles. The van der Waals surface area contributed by atoms with Crippen molar-refractivity contribution in [3.05, 3.63) is 28.2 Å². The fraction of sp³-hybridized carbons (Fsp3) is 0.111. The molecule has 1 aromatic carbocycles. The average Bonchev–Trinajstić information content (AvgIpc) is 2.08. The van der Waals surface area contributed by atoms with E-state index in [1.807, 2.05) is 0 Å². The molecular weight excluding hydrogens is 237 g/mol. The molecule has 6 heteroatoms. The second kappa shape index (κ2) is 5.00. The molecule has 0 aliphatic heterocycles. The fourth-order valence-corrected chi connectivity index (χ4v) is 1.36. The van der Waals surface area contributed by atoms with E-state index in [0.717, 1.165) is 0 Å². The molecule has 0 aromatic heterocycles. The molecule has 1 aromatic rings. The van der Waals surface area contributed by atoms with Crippen molar-refractivity contribution in [2.75, 3.05) is 0 Å². The smallest absolute Gasteiger partial charge is 0.223 e. The molecule has 0 atom stereocenters. The molecule has 0 bridgehead atoms. The minimum atomic E-state index is -0.290. The molecule has 80 valence electrons. The maximum atomic E-state index is 10.7. The summed E-state index contributed by atoms with van der Waals surface area (Å²) >= 11 is 11.6. The first-order chi connectivity index (χ1) is 6.99. The van der Waals surface area contributed by atoms with Crippen LogP contribution >= 0.6 is 23.2 Å². The number of hydrogen-bond donors (Lipinski definition) is 2. The van der Waals surface area contributed by atoms with Crippen molar-refractivity contribution in [1.82, 2.24) is 5.32 Å². The van der Waals surface area contributed by atoms with Gasteiger partial charge in [-0.05, 0) is 18.2 Å². The monoisotopic (exact) mass is 245 g/mol. The number of nitrogens with zero attached hydrogens (tertiary/aromatic N) is 1. The van der Waals surface area contributed by atoms with Crippen LogP contribution in [0.3, 0.4) is 0 Å². The number of aliphatic imine (C=N–C) groups is 1. The van der Waals surface area contributed by atoms with Gasteiger partial charge in [0, 0.05) is 11.9 Å². The molecule has 0 spiro atoms. The van der Waals surface area contributed by atoms with Gasteiger partial charge in [0.2, 0.25) is 11.9 Å². The molecule has 1 rings (SSSR count). The minimum absolute atomic E-state index is 0.00766. The Labute approximate surface area is 97.1 Å². The summed E-state index contributed by atoms with van der Waals surface area (Å²) in [4.78, 5) is 14.6. The van der Waals surface area contributed by atoms with E-state index >= 15 is 0 Å². The lowest BCUT2D eigenvalue weighted by molar-refractivity contribution is -0.117. The Hall–Kier alpha value is -1.26. The minimum Gasteiger partial charge on any atom is -0.369 e. The highest BCUT2D eigenvalue weighted by atomic mass is 35.5. The van der Waals surface area contributed by atoms with Gasteiger partial charge in [0.1, 0.15) is 0 Å². The highest BCUT2D eigenvalue weighted by Gasteiger charge is 2.01. The van der Waals surface area contributed by atoms with Crippen LogP contribution in [0.1, 0.15) is 6.92 Å². The maximum absolute atomic E-state index is 10.7. The van der Waals surface area contributed by atoms with Crippen LogP contribution in [0, 0.1) is 0 Å². The van der Waals surface area contributed by atoms with Crippen molar-refractivity contribution in [2.24, 2.45) is 10.7 Å². The highest BCUT2D eigenvalue weighted by Crippen LogP contribution is 2.27. The summed E-state index contributed by atoms with van der Waals surface area (Å²) in [5, 5.41) is 3.21. The van der Waals surface area contributed by atoms with Crippen LogP contribution in [0.5, 0.6) is 0 Å². The third-order valence-electron chi connectivity index (χ3n) is 1.45. The first kappa shape index (κ1) is 11.8. The zero-order valence-corrected chi connectivity index (χ0v) is 9.43. The van der Waals surface area contributed by atoms with Gasteiger partial charge in [-0.1, -0.05) is 23.2 Å². The van der Waals surface area contributed by atoms with Crippen LogP contribution in [0.2, 0.25) is 10.0 Å². The summed E-state index contributed by atoms with van der Waals surface area (Å²) in [7, 11) is 0. The van der Waals surface area contributed by atoms with Crippen molar-refractivity contribution in [2.45, 2.75) is 6.92 Å². The molecule has 15 heavy (non-hydrogen) atoms. The number of nitrogens with one attached hydrogen (secondary N) is 1. The van der Waals surface area contributed by atoms with Crippen molar-refractivity contribution in [1.29, 1.82) is 0 Å². The van der Waals surface area contributed by atoms with E-state index in [0.29, 0.717) is 15.7 Å². The molecule has 1 amide bonds. The van der Waals surface area contributed by atoms with E-state index in [1.54, 1.807) is 18.2 Å². The van der Waals surface area contributed by atoms with E-state index in [9.17, 15) is 4.79 Å². The lowest BCUT2D eigenvalue weighted by Crippen LogP contribution is -2.34. The standard InChI is InChI=1S/C9H9Cl2N3O/c1-5(15)13-9(12)14-8-3-2-6(10)4-7(8)11/h2-4H,1H3,(H3,12,13,14,15). The van der Waals surface area contributed by atoms with Gasteiger partial charge in [-0.2, -0.15) is 0 Å². The Bertz CT molecular complexity index is 418. The van der Waals surface area contributed by atoms with Crippen LogP contribution in [-0.4, -0.2) is 11.9 Å². The highest BCUT2D eigenvalue weighted by molar-refractivity contribution is 6.36. The molecule has 0 radical (unpaired) electrons. The van der Waals surface area contributed by atoms with Crippen LogP contribution < -0.4 is 11.1 Å². The third-order valence-corrected chi connectivity index (χ3v) is 1.99. The maximum Gasteiger partial charge on any atom is 0.223 e. The normalized spacial score (nSPS) is 11.3. The molecule has 0 aliphatic carbocycles. The first-order valence-corrected chi connectivity index (χ1v) is 4.81. The summed E-state index contributed by atoms with van der Waals surface area (Å²) in [6, 6.07) is 4.79. The van der Waals surface area contributed by atoms with Gasteiger partial charge < -0.3 is 5.73 Å². The van der Waals surface area contributed by atoms with Crippen LogP contribution in [0.15, 0.2) is 23.2 Å².